The standard InChI is InChI=1S/C12H15FO2/c1-3-4-11(14)12(15)9-7-8(2)5-6-10(9)13/h5-7,11,14H,3-4H2,1-2H3. The molecule has 0 aliphatic carbocycles. The van der Waals surface area contributed by atoms with Crippen molar-refractivity contribution in [2.45, 2.75) is 32.8 Å². The molecule has 0 aliphatic heterocycles. The SMILES string of the molecule is CCCC(O)C(=O)c1cc(C)ccc1F. The molecule has 0 aliphatic rings. The van der Waals surface area contributed by atoms with E-state index in [0.717, 1.165) is 5.56 Å². The molecule has 2 nitrogen and oxygen atoms in total. The molecular formula is C12H15FO2. The summed E-state index contributed by atoms with van der Waals surface area (Å²) in [6.07, 6.45) is -0.0293. The zero-order valence-corrected chi connectivity index (χ0v) is 8.96. The number of rotatable bonds is 4. The van der Waals surface area contributed by atoms with Crippen LogP contribution in [0.2, 0.25) is 0 Å². The molecule has 0 saturated carbocycles. The molecule has 0 radical (unpaired) electrons. The van der Waals surface area contributed by atoms with E-state index in [1.54, 1.807) is 13.0 Å². The minimum absolute atomic E-state index is 0.0176. The normalized spacial score (nSPS) is 12.5. The number of ketones is 1. The van der Waals surface area contributed by atoms with E-state index in [-0.39, 0.29) is 5.56 Å². The molecule has 1 aromatic carbocycles. The maximum absolute atomic E-state index is 13.3. The molecule has 1 N–H and O–H groups in total. The van der Waals surface area contributed by atoms with E-state index in [2.05, 4.69) is 0 Å². The first-order chi connectivity index (χ1) is 7.06. The van der Waals surface area contributed by atoms with Crippen molar-refractivity contribution in [3.8, 4) is 0 Å². The third-order valence-corrected chi connectivity index (χ3v) is 2.25. The zero-order chi connectivity index (χ0) is 11.4. The molecule has 1 unspecified atom stereocenters. The minimum Gasteiger partial charge on any atom is -0.385 e. The third-order valence-electron chi connectivity index (χ3n) is 2.25. The number of hydrogen-bond acceptors (Lipinski definition) is 2. The van der Waals surface area contributed by atoms with Crippen LogP contribution in [0.25, 0.3) is 0 Å². The molecule has 0 amide bonds. The fourth-order valence-corrected chi connectivity index (χ4v) is 1.41. The van der Waals surface area contributed by atoms with Gasteiger partial charge in [0.2, 0.25) is 0 Å². The van der Waals surface area contributed by atoms with E-state index in [0.29, 0.717) is 12.8 Å². The Morgan fingerprint density at radius 2 is 2.20 bits per heavy atom. The third kappa shape index (κ3) is 2.86. The summed E-state index contributed by atoms with van der Waals surface area (Å²) < 4.78 is 13.3. The molecule has 0 heterocycles. The lowest BCUT2D eigenvalue weighted by atomic mass is 10.0. The first-order valence-corrected chi connectivity index (χ1v) is 5.04. The molecule has 3 heteroatoms. The lowest BCUT2D eigenvalue weighted by Crippen LogP contribution is -2.21. The summed E-state index contributed by atoms with van der Waals surface area (Å²) >= 11 is 0. The Kier molecular flexibility index (Phi) is 3.97. The average Bonchev–Trinajstić information content (AvgIpc) is 2.21. The van der Waals surface area contributed by atoms with Crippen molar-refractivity contribution in [2.75, 3.05) is 0 Å². The van der Waals surface area contributed by atoms with Gasteiger partial charge in [-0.15, -0.1) is 0 Å². The van der Waals surface area contributed by atoms with Crippen LogP contribution in [0.1, 0.15) is 35.7 Å². The van der Waals surface area contributed by atoms with Crippen LogP contribution in [0.15, 0.2) is 18.2 Å². The van der Waals surface area contributed by atoms with Gasteiger partial charge in [-0.1, -0.05) is 25.0 Å². The van der Waals surface area contributed by atoms with Gasteiger partial charge in [-0.05, 0) is 25.5 Å². The molecule has 0 aromatic heterocycles. The van der Waals surface area contributed by atoms with Gasteiger partial charge in [0.1, 0.15) is 11.9 Å². The Morgan fingerprint density at radius 1 is 1.53 bits per heavy atom. The Morgan fingerprint density at radius 3 is 2.80 bits per heavy atom. The number of carbonyl (C=O) groups excluding carboxylic acids is 1. The summed E-state index contributed by atoms with van der Waals surface area (Å²) in [5.74, 6) is -1.10. The van der Waals surface area contributed by atoms with Gasteiger partial charge in [0.25, 0.3) is 0 Å². The van der Waals surface area contributed by atoms with Gasteiger partial charge in [-0.2, -0.15) is 0 Å². The maximum Gasteiger partial charge on any atom is 0.194 e. The van der Waals surface area contributed by atoms with Crippen LogP contribution in [-0.4, -0.2) is 17.0 Å². The number of halogens is 1. The number of benzene rings is 1. The largest absolute Gasteiger partial charge is 0.385 e. The predicted octanol–water partition coefficient (Wildman–Crippen LogP) is 2.48. The lowest BCUT2D eigenvalue weighted by Gasteiger charge is -2.09. The molecular weight excluding hydrogens is 195 g/mol. The smallest absolute Gasteiger partial charge is 0.194 e. The van der Waals surface area contributed by atoms with Crippen LogP contribution in [0.5, 0.6) is 0 Å². The summed E-state index contributed by atoms with van der Waals surface area (Å²) in [6, 6.07) is 4.32. The number of Topliss-reactive ketones (excluding diaryl/α,β-unsaturated/α-hetero) is 1. The Bertz CT molecular complexity index is 361. The highest BCUT2D eigenvalue weighted by Crippen LogP contribution is 2.14. The van der Waals surface area contributed by atoms with Crippen LogP contribution < -0.4 is 0 Å². The molecule has 1 rings (SSSR count). The highest BCUT2D eigenvalue weighted by molar-refractivity contribution is 5.99. The molecule has 0 saturated heterocycles. The molecule has 0 fully saturated rings. The summed E-state index contributed by atoms with van der Waals surface area (Å²) in [6.45, 7) is 3.64. The van der Waals surface area contributed by atoms with Gasteiger partial charge in [-0.3, -0.25) is 4.79 Å². The van der Waals surface area contributed by atoms with Gasteiger partial charge in [0, 0.05) is 0 Å². The van der Waals surface area contributed by atoms with Crippen molar-refractivity contribution in [3.63, 3.8) is 0 Å². The highest BCUT2D eigenvalue weighted by atomic mass is 19.1. The fraction of sp³-hybridized carbons (Fsp3) is 0.417. The topological polar surface area (TPSA) is 37.3 Å². The van der Waals surface area contributed by atoms with E-state index in [4.69, 9.17) is 0 Å². The lowest BCUT2D eigenvalue weighted by molar-refractivity contribution is 0.0725. The maximum atomic E-state index is 13.3. The number of aliphatic hydroxyl groups excluding tert-OH is 1. The quantitative estimate of drug-likeness (QED) is 0.775. The van der Waals surface area contributed by atoms with Gasteiger partial charge in [-0.25, -0.2) is 4.39 Å². The second-order valence-corrected chi connectivity index (χ2v) is 3.65. The summed E-state index contributed by atoms with van der Waals surface area (Å²) in [7, 11) is 0. The Hall–Kier alpha value is -1.22. The van der Waals surface area contributed by atoms with Crippen molar-refractivity contribution >= 4 is 5.78 Å². The van der Waals surface area contributed by atoms with E-state index < -0.39 is 17.7 Å². The van der Waals surface area contributed by atoms with Gasteiger partial charge in [0.15, 0.2) is 5.78 Å². The first kappa shape index (κ1) is 11.9. The summed E-state index contributed by atoms with van der Waals surface area (Å²) in [5, 5.41) is 9.47. The van der Waals surface area contributed by atoms with Crippen LogP contribution in [0.3, 0.4) is 0 Å². The van der Waals surface area contributed by atoms with Crippen molar-refractivity contribution in [1.82, 2.24) is 0 Å². The van der Waals surface area contributed by atoms with Crippen LogP contribution >= 0.6 is 0 Å². The van der Waals surface area contributed by atoms with E-state index in [1.807, 2.05) is 6.92 Å². The van der Waals surface area contributed by atoms with Crippen LogP contribution in [-0.2, 0) is 0 Å². The Balaban J connectivity index is 2.95. The van der Waals surface area contributed by atoms with E-state index >= 15 is 0 Å². The molecule has 82 valence electrons. The molecule has 1 aromatic rings. The predicted molar refractivity (Wildman–Crippen MR) is 56.4 cm³/mol. The van der Waals surface area contributed by atoms with E-state index in [9.17, 15) is 14.3 Å². The van der Waals surface area contributed by atoms with E-state index in [1.165, 1.54) is 12.1 Å². The van der Waals surface area contributed by atoms with Gasteiger partial charge < -0.3 is 5.11 Å². The zero-order valence-electron chi connectivity index (χ0n) is 8.96. The number of aliphatic hydroxyl groups is 1. The van der Waals surface area contributed by atoms with Crippen LogP contribution in [0, 0.1) is 12.7 Å². The van der Waals surface area contributed by atoms with Crippen LogP contribution in [0.4, 0.5) is 4.39 Å². The summed E-state index contributed by atoms with van der Waals surface area (Å²) in [4.78, 5) is 11.6. The second kappa shape index (κ2) is 5.03. The second-order valence-electron chi connectivity index (χ2n) is 3.65. The van der Waals surface area contributed by atoms with Crippen molar-refractivity contribution in [2.24, 2.45) is 0 Å². The van der Waals surface area contributed by atoms with Crippen molar-refractivity contribution in [1.29, 1.82) is 0 Å². The molecule has 0 spiro atoms. The average molecular weight is 210 g/mol. The highest BCUT2D eigenvalue weighted by Gasteiger charge is 2.19. The fourth-order valence-electron chi connectivity index (χ4n) is 1.41. The summed E-state index contributed by atoms with van der Waals surface area (Å²) in [5.41, 5.74) is 0.791. The molecule has 15 heavy (non-hydrogen) atoms. The van der Waals surface area contributed by atoms with Crippen molar-refractivity contribution < 1.29 is 14.3 Å². The monoisotopic (exact) mass is 210 g/mol. The molecule has 0 bridgehead atoms. The number of carbonyl (C=O) groups is 1. The number of aryl methyl sites for hydroxylation is 1. The molecule has 1 atom stereocenters. The van der Waals surface area contributed by atoms with Gasteiger partial charge >= 0.3 is 0 Å². The minimum atomic E-state index is -1.09. The van der Waals surface area contributed by atoms with Crippen molar-refractivity contribution in [3.05, 3.63) is 35.1 Å². The van der Waals surface area contributed by atoms with Gasteiger partial charge in [0.05, 0.1) is 5.56 Å². The Labute approximate surface area is 88.7 Å². The first-order valence-electron chi connectivity index (χ1n) is 5.04. The number of hydrogen-bond donors (Lipinski definition) is 1.